The van der Waals surface area contributed by atoms with Gasteiger partial charge in [0.1, 0.15) is 5.56 Å². The molecule has 8 heteroatoms. The van der Waals surface area contributed by atoms with Crippen LogP contribution in [0.15, 0.2) is 6.07 Å². The molecule has 0 heterocycles. The zero-order valence-electron chi connectivity index (χ0n) is 13.5. The second-order valence-electron chi connectivity index (χ2n) is 5.37. The number of esters is 1. The number of rotatable bonds is 7. The maximum atomic E-state index is 12.3. The highest BCUT2D eigenvalue weighted by atomic mass is 16.6. The van der Waals surface area contributed by atoms with Gasteiger partial charge in [-0.25, -0.2) is 4.79 Å². The number of nitro benzene ring substituents is 1. The molecule has 0 aliphatic heterocycles. The number of benzene rings is 1. The minimum Gasteiger partial charge on any atom is -0.493 e. The smallest absolute Gasteiger partial charge is 0.345 e. The topological polar surface area (TPSA) is 97.1 Å². The first-order chi connectivity index (χ1) is 10.9. The van der Waals surface area contributed by atoms with E-state index in [0.717, 1.165) is 6.42 Å². The second kappa shape index (κ2) is 6.72. The van der Waals surface area contributed by atoms with Crippen LogP contribution in [0.2, 0.25) is 0 Å². The van der Waals surface area contributed by atoms with Gasteiger partial charge in [0.2, 0.25) is 11.5 Å². The summed E-state index contributed by atoms with van der Waals surface area (Å²) in [5, 5.41) is 11.4. The van der Waals surface area contributed by atoms with E-state index in [1.807, 2.05) is 0 Å². The predicted molar refractivity (Wildman–Crippen MR) is 80.3 cm³/mol. The number of methoxy groups -OCH3 is 3. The van der Waals surface area contributed by atoms with Crippen molar-refractivity contribution in [1.82, 2.24) is 0 Å². The molecule has 1 aliphatic rings. The third-order valence-electron chi connectivity index (χ3n) is 3.91. The largest absolute Gasteiger partial charge is 0.493 e. The van der Waals surface area contributed by atoms with Crippen LogP contribution in [0, 0.1) is 22.0 Å². The Labute approximate surface area is 133 Å². The van der Waals surface area contributed by atoms with Gasteiger partial charge in [0.25, 0.3) is 0 Å². The molecular formula is C15H19NO7. The van der Waals surface area contributed by atoms with E-state index in [-0.39, 0.29) is 29.4 Å². The maximum absolute atomic E-state index is 12.3. The highest BCUT2D eigenvalue weighted by Gasteiger charge is 2.36. The molecule has 8 nitrogen and oxygen atoms in total. The average molecular weight is 325 g/mol. The molecule has 0 unspecified atom stereocenters. The summed E-state index contributed by atoms with van der Waals surface area (Å²) in [6.45, 7) is 2.30. The summed E-state index contributed by atoms with van der Waals surface area (Å²) in [7, 11) is 3.95. The van der Waals surface area contributed by atoms with Crippen molar-refractivity contribution >= 4 is 11.7 Å². The molecule has 0 spiro atoms. The Balaban J connectivity index is 2.43. The van der Waals surface area contributed by atoms with Crippen molar-refractivity contribution in [1.29, 1.82) is 0 Å². The Kier molecular flexibility index (Phi) is 4.92. The molecule has 1 fully saturated rings. The van der Waals surface area contributed by atoms with Crippen molar-refractivity contribution in [3.05, 3.63) is 21.7 Å². The van der Waals surface area contributed by atoms with E-state index >= 15 is 0 Å². The number of ether oxygens (including phenoxy) is 4. The molecule has 0 bridgehead atoms. The minimum absolute atomic E-state index is 0.0501. The van der Waals surface area contributed by atoms with E-state index in [1.54, 1.807) is 0 Å². The molecule has 126 valence electrons. The van der Waals surface area contributed by atoms with Crippen molar-refractivity contribution < 1.29 is 28.7 Å². The Morgan fingerprint density at radius 1 is 1.26 bits per heavy atom. The first-order valence-electron chi connectivity index (χ1n) is 7.09. The lowest BCUT2D eigenvalue weighted by molar-refractivity contribution is -0.386. The van der Waals surface area contributed by atoms with E-state index < -0.39 is 16.6 Å². The molecular weight excluding hydrogens is 306 g/mol. The van der Waals surface area contributed by atoms with Crippen LogP contribution < -0.4 is 14.2 Å². The molecule has 0 saturated heterocycles. The summed E-state index contributed by atoms with van der Waals surface area (Å²) in [6, 6.07) is 1.23. The van der Waals surface area contributed by atoms with Crippen LogP contribution in [0.3, 0.4) is 0 Å². The van der Waals surface area contributed by atoms with Crippen LogP contribution in [0.25, 0.3) is 0 Å². The lowest BCUT2D eigenvalue weighted by atomic mass is 10.1. The van der Waals surface area contributed by atoms with Crippen LogP contribution in [0.4, 0.5) is 5.69 Å². The van der Waals surface area contributed by atoms with Gasteiger partial charge in [0.15, 0.2) is 5.75 Å². The van der Waals surface area contributed by atoms with E-state index in [4.69, 9.17) is 18.9 Å². The molecule has 0 N–H and O–H groups in total. The summed E-state index contributed by atoms with van der Waals surface area (Å²) in [5.41, 5.74) is -0.725. The molecule has 1 saturated carbocycles. The summed E-state index contributed by atoms with van der Waals surface area (Å²) in [6.07, 6.45) is 0.991. The van der Waals surface area contributed by atoms with Crippen LogP contribution in [0.5, 0.6) is 17.2 Å². The lowest BCUT2D eigenvalue weighted by Crippen LogP contribution is -2.12. The number of carbonyl (C=O) groups is 1. The summed E-state index contributed by atoms with van der Waals surface area (Å²) >= 11 is 0. The number of hydrogen-bond acceptors (Lipinski definition) is 7. The molecule has 1 aromatic carbocycles. The van der Waals surface area contributed by atoms with Crippen molar-refractivity contribution in [3.8, 4) is 17.2 Å². The van der Waals surface area contributed by atoms with Crippen LogP contribution in [-0.4, -0.2) is 38.8 Å². The number of nitrogens with zero attached hydrogens (tertiary/aromatic N) is 1. The zero-order chi connectivity index (χ0) is 17.1. The van der Waals surface area contributed by atoms with Crippen LogP contribution in [0.1, 0.15) is 23.7 Å². The second-order valence-corrected chi connectivity index (χ2v) is 5.37. The predicted octanol–water partition coefficient (Wildman–Crippen LogP) is 2.43. The zero-order valence-corrected chi connectivity index (χ0v) is 13.5. The molecule has 0 radical (unpaired) electrons. The fraction of sp³-hybridized carbons (Fsp3) is 0.533. The minimum atomic E-state index is -0.782. The normalized spacial score (nSPS) is 19.0. The average Bonchev–Trinajstić information content (AvgIpc) is 3.25. The standard InChI is InChI=1S/C15H19NO7/c1-8-5-9(8)7-23-15(17)10-6-11(20-2)13(21-3)14(22-4)12(10)16(18)19/h6,8-9H,5,7H2,1-4H3/t8-,9-/m0/s1. The van der Waals surface area contributed by atoms with Gasteiger partial charge in [-0.05, 0) is 18.3 Å². The SMILES string of the molecule is COc1cc(C(=O)OC[C@@H]2C[C@@H]2C)c([N+](=O)[O-])c(OC)c1OC. The maximum Gasteiger partial charge on any atom is 0.345 e. The Bertz CT molecular complexity index is 629. The third kappa shape index (κ3) is 3.30. The highest BCUT2D eigenvalue weighted by molar-refractivity contribution is 5.97. The summed E-state index contributed by atoms with van der Waals surface area (Å²) in [5.74, 6) is 0.0761. The molecule has 0 aromatic heterocycles. The Morgan fingerprint density at radius 3 is 2.30 bits per heavy atom. The van der Waals surface area contributed by atoms with E-state index in [2.05, 4.69) is 6.92 Å². The molecule has 0 amide bonds. The first-order valence-corrected chi connectivity index (χ1v) is 7.09. The van der Waals surface area contributed by atoms with Crippen molar-refractivity contribution in [2.45, 2.75) is 13.3 Å². The van der Waals surface area contributed by atoms with E-state index in [1.165, 1.54) is 27.4 Å². The first kappa shape index (κ1) is 16.9. The van der Waals surface area contributed by atoms with E-state index in [9.17, 15) is 14.9 Å². The van der Waals surface area contributed by atoms with Gasteiger partial charge in [0.05, 0.1) is 32.9 Å². The quantitative estimate of drug-likeness (QED) is 0.431. The van der Waals surface area contributed by atoms with Gasteiger partial charge in [0, 0.05) is 6.07 Å². The number of carbonyl (C=O) groups excluding carboxylic acids is 1. The van der Waals surface area contributed by atoms with Gasteiger partial charge in [-0.3, -0.25) is 10.1 Å². The fourth-order valence-electron chi connectivity index (χ4n) is 2.37. The highest BCUT2D eigenvalue weighted by Crippen LogP contribution is 2.46. The van der Waals surface area contributed by atoms with Crippen molar-refractivity contribution in [2.24, 2.45) is 11.8 Å². The third-order valence-corrected chi connectivity index (χ3v) is 3.91. The summed E-state index contributed by atoms with van der Waals surface area (Å²) in [4.78, 5) is 23.0. The van der Waals surface area contributed by atoms with E-state index in [0.29, 0.717) is 11.8 Å². The Hall–Kier alpha value is -2.51. The molecule has 2 rings (SSSR count). The van der Waals surface area contributed by atoms with Gasteiger partial charge in [-0.1, -0.05) is 6.92 Å². The molecule has 1 aliphatic carbocycles. The number of nitro groups is 1. The lowest BCUT2D eigenvalue weighted by Gasteiger charge is -2.14. The fourth-order valence-corrected chi connectivity index (χ4v) is 2.37. The van der Waals surface area contributed by atoms with Crippen LogP contribution in [-0.2, 0) is 4.74 Å². The van der Waals surface area contributed by atoms with Crippen LogP contribution >= 0.6 is 0 Å². The monoisotopic (exact) mass is 325 g/mol. The summed E-state index contributed by atoms with van der Waals surface area (Å²) < 4.78 is 20.5. The molecule has 23 heavy (non-hydrogen) atoms. The molecule has 2 atom stereocenters. The molecule has 1 aromatic rings. The van der Waals surface area contributed by atoms with Crippen molar-refractivity contribution in [2.75, 3.05) is 27.9 Å². The van der Waals surface area contributed by atoms with Gasteiger partial charge >= 0.3 is 11.7 Å². The van der Waals surface area contributed by atoms with Gasteiger partial charge in [-0.15, -0.1) is 0 Å². The van der Waals surface area contributed by atoms with Gasteiger partial charge in [-0.2, -0.15) is 0 Å². The number of hydrogen-bond donors (Lipinski definition) is 0. The van der Waals surface area contributed by atoms with Gasteiger partial charge < -0.3 is 18.9 Å². The van der Waals surface area contributed by atoms with Crippen molar-refractivity contribution in [3.63, 3.8) is 0 Å². The Morgan fingerprint density at radius 2 is 1.87 bits per heavy atom.